The van der Waals surface area contributed by atoms with Gasteiger partial charge < -0.3 is 19.7 Å². The highest BCUT2D eigenvalue weighted by Crippen LogP contribution is 2.38. The van der Waals surface area contributed by atoms with Crippen molar-refractivity contribution < 1.29 is 23.9 Å². The zero-order chi connectivity index (χ0) is 22.4. The van der Waals surface area contributed by atoms with Gasteiger partial charge in [-0.25, -0.2) is 0 Å². The van der Waals surface area contributed by atoms with Crippen LogP contribution in [0.15, 0.2) is 24.3 Å². The number of rotatable bonds is 8. The summed E-state index contributed by atoms with van der Waals surface area (Å²) in [7, 11) is 0. The van der Waals surface area contributed by atoms with Crippen molar-refractivity contribution in [3.8, 4) is 5.75 Å². The summed E-state index contributed by atoms with van der Waals surface area (Å²) in [6.45, 7) is 7.53. The van der Waals surface area contributed by atoms with E-state index in [1.165, 1.54) is 6.92 Å². The Morgan fingerprint density at radius 3 is 2.45 bits per heavy atom. The third-order valence-electron chi connectivity index (χ3n) is 6.11. The van der Waals surface area contributed by atoms with Crippen LogP contribution >= 0.6 is 0 Å². The van der Waals surface area contributed by atoms with E-state index in [0.29, 0.717) is 30.2 Å². The van der Waals surface area contributed by atoms with Crippen molar-refractivity contribution in [2.24, 2.45) is 5.92 Å². The molecule has 0 bridgehead atoms. The van der Waals surface area contributed by atoms with Gasteiger partial charge in [0.15, 0.2) is 12.4 Å². The first-order valence-corrected chi connectivity index (χ1v) is 11.2. The minimum atomic E-state index is -0.200. The van der Waals surface area contributed by atoms with Crippen molar-refractivity contribution in [3.63, 3.8) is 0 Å². The molecule has 0 aromatic heterocycles. The third-order valence-corrected chi connectivity index (χ3v) is 6.11. The Morgan fingerprint density at radius 2 is 1.84 bits per heavy atom. The Hall–Kier alpha value is -2.41. The molecule has 0 aliphatic carbocycles. The molecule has 1 aromatic carbocycles. The van der Waals surface area contributed by atoms with Crippen molar-refractivity contribution in [2.75, 3.05) is 26.2 Å². The van der Waals surface area contributed by atoms with Crippen LogP contribution in [0.2, 0.25) is 0 Å². The van der Waals surface area contributed by atoms with Crippen molar-refractivity contribution >= 4 is 17.6 Å². The first kappa shape index (κ1) is 23.3. The molecular weight excluding hydrogens is 396 g/mol. The molecule has 170 valence electrons. The lowest BCUT2D eigenvalue weighted by atomic mass is 9.88. The smallest absolute Gasteiger partial charge is 0.258 e. The summed E-state index contributed by atoms with van der Waals surface area (Å²) in [5, 5.41) is 2.89. The summed E-state index contributed by atoms with van der Waals surface area (Å²) in [5.74, 6) is 0.960. The van der Waals surface area contributed by atoms with Gasteiger partial charge in [0, 0.05) is 31.6 Å². The number of hydrogen-bond donors (Lipinski definition) is 1. The van der Waals surface area contributed by atoms with E-state index in [0.717, 1.165) is 38.8 Å². The second-order valence-electron chi connectivity index (χ2n) is 9.11. The number of benzene rings is 1. The molecule has 31 heavy (non-hydrogen) atoms. The van der Waals surface area contributed by atoms with E-state index in [1.54, 1.807) is 24.3 Å². The van der Waals surface area contributed by atoms with Gasteiger partial charge in [-0.05, 0) is 62.8 Å². The number of nitrogens with one attached hydrogen (secondary N) is 1. The number of ether oxygens (including phenoxy) is 2. The van der Waals surface area contributed by atoms with Gasteiger partial charge in [0.1, 0.15) is 5.75 Å². The second kappa shape index (κ2) is 10.3. The predicted octanol–water partition coefficient (Wildman–Crippen LogP) is 2.97. The summed E-state index contributed by atoms with van der Waals surface area (Å²) >= 11 is 0. The molecule has 2 fully saturated rings. The van der Waals surface area contributed by atoms with E-state index in [1.807, 2.05) is 4.90 Å². The van der Waals surface area contributed by atoms with Crippen molar-refractivity contribution in [1.82, 2.24) is 10.2 Å². The molecule has 1 spiro atoms. The fraction of sp³-hybridized carbons (Fsp3) is 0.625. The van der Waals surface area contributed by atoms with Crippen LogP contribution in [0.4, 0.5) is 0 Å². The summed E-state index contributed by atoms with van der Waals surface area (Å²) in [5.41, 5.74) is 0.457. The first-order valence-electron chi connectivity index (χ1n) is 11.2. The molecule has 7 nitrogen and oxygen atoms in total. The summed E-state index contributed by atoms with van der Waals surface area (Å²) < 4.78 is 11.8. The van der Waals surface area contributed by atoms with Gasteiger partial charge in [0.25, 0.3) is 5.91 Å². The molecule has 0 saturated carbocycles. The number of amides is 2. The highest BCUT2D eigenvalue weighted by Gasteiger charge is 2.43. The van der Waals surface area contributed by atoms with Crippen molar-refractivity contribution in [3.05, 3.63) is 29.8 Å². The highest BCUT2D eigenvalue weighted by molar-refractivity contribution is 5.94. The number of Topliss-reactive ketones (excluding diaryl/α,β-unsaturated/α-hetero) is 1. The maximum absolute atomic E-state index is 12.3. The van der Waals surface area contributed by atoms with Gasteiger partial charge >= 0.3 is 0 Å². The van der Waals surface area contributed by atoms with Gasteiger partial charge in [-0.2, -0.15) is 0 Å². The number of likely N-dealkylation sites (tertiary alicyclic amines) is 1. The van der Waals surface area contributed by atoms with Gasteiger partial charge in [0.05, 0.1) is 11.7 Å². The predicted molar refractivity (Wildman–Crippen MR) is 117 cm³/mol. The molecule has 1 unspecified atom stereocenters. The van der Waals surface area contributed by atoms with E-state index >= 15 is 0 Å². The summed E-state index contributed by atoms with van der Waals surface area (Å²) in [4.78, 5) is 37.7. The molecule has 3 rings (SSSR count). The molecule has 2 amide bonds. The van der Waals surface area contributed by atoms with Crippen LogP contribution in [0.25, 0.3) is 0 Å². The van der Waals surface area contributed by atoms with Crippen LogP contribution in [0.1, 0.15) is 63.2 Å². The molecule has 2 aliphatic heterocycles. The molecule has 0 radical (unpaired) electrons. The SMILES string of the molecule is CC(=O)c1ccc(OCC(=O)NCC2CCC3(CCN(C(=O)CC(C)C)CC3)O2)cc1. The number of carbonyl (C=O) groups excluding carboxylic acids is 3. The number of hydrogen-bond acceptors (Lipinski definition) is 5. The van der Waals surface area contributed by atoms with Crippen LogP contribution in [0.3, 0.4) is 0 Å². The zero-order valence-electron chi connectivity index (χ0n) is 18.8. The van der Waals surface area contributed by atoms with Crippen LogP contribution in [0.5, 0.6) is 5.75 Å². The molecular formula is C24H34N2O5. The Morgan fingerprint density at radius 1 is 1.16 bits per heavy atom. The van der Waals surface area contributed by atoms with Gasteiger partial charge in [0.2, 0.25) is 5.91 Å². The fourth-order valence-electron chi connectivity index (χ4n) is 4.26. The van der Waals surface area contributed by atoms with E-state index in [-0.39, 0.29) is 35.9 Å². The normalized spacial score (nSPS) is 20.1. The van der Waals surface area contributed by atoms with E-state index in [4.69, 9.17) is 9.47 Å². The molecule has 2 aliphatic rings. The molecule has 2 saturated heterocycles. The van der Waals surface area contributed by atoms with Crippen LogP contribution in [0, 0.1) is 5.92 Å². The van der Waals surface area contributed by atoms with Crippen LogP contribution in [-0.4, -0.2) is 60.4 Å². The maximum atomic E-state index is 12.3. The number of nitrogens with zero attached hydrogens (tertiary/aromatic N) is 1. The van der Waals surface area contributed by atoms with Gasteiger partial charge in [-0.15, -0.1) is 0 Å². The number of ketones is 1. The molecule has 2 heterocycles. The minimum Gasteiger partial charge on any atom is -0.484 e. The van der Waals surface area contributed by atoms with Crippen LogP contribution < -0.4 is 10.1 Å². The lowest BCUT2D eigenvalue weighted by Gasteiger charge is -2.39. The third kappa shape index (κ3) is 6.53. The average Bonchev–Trinajstić information content (AvgIpc) is 3.13. The number of piperidine rings is 1. The monoisotopic (exact) mass is 430 g/mol. The first-order chi connectivity index (χ1) is 14.8. The Balaban J connectivity index is 1.36. The number of carbonyl (C=O) groups is 3. The molecule has 1 aromatic rings. The Bertz CT molecular complexity index is 782. The van der Waals surface area contributed by atoms with E-state index < -0.39 is 0 Å². The lowest BCUT2D eigenvalue weighted by molar-refractivity contribution is -0.138. The standard InChI is InChI=1S/C24H34N2O5/c1-17(2)14-23(29)26-12-10-24(11-13-26)9-8-21(31-24)15-25-22(28)16-30-20-6-4-19(5-7-20)18(3)27/h4-7,17,21H,8-16H2,1-3H3,(H,25,28). The second-order valence-corrected chi connectivity index (χ2v) is 9.11. The largest absolute Gasteiger partial charge is 0.484 e. The Labute approximate surface area is 184 Å². The topological polar surface area (TPSA) is 84.9 Å². The van der Waals surface area contributed by atoms with Crippen molar-refractivity contribution in [1.29, 1.82) is 0 Å². The van der Waals surface area contributed by atoms with Crippen molar-refractivity contribution in [2.45, 2.75) is 64.6 Å². The fourth-order valence-corrected chi connectivity index (χ4v) is 4.26. The highest BCUT2D eigenvalue weighted by atomic mass is 16.5. The minimum absolute atomic E-state index is 0.00304. The van der Waals surface area contributed by atoms with E-state index in [2.05, 4.69) is 19.2 Å². The summed E-state index contributed by atoms with van der Waals surface area (Å²) in [6.07, 6.45) is 4.20. The van der Waals surface area contributed by atoms with E-state index in [9.17, 15) is 14.4 Å². The lowest BCUT2D eigenvalue weighted by Crippen LogP contribution is -2.47. The van der Waals surface area contributed by atoms with Crippen LogP contribution in [-0.2, 0) is 14.3 Å². The quantitative estimate of drug-likeness (QED) is 0.641. The maximum Gasteiger partial charge on any atom is 0.258 e. The molecule has 7 heteroatoms. The Kier molecular flexibility index (Phi) is 7.70. The zero-order valence-corrected chi connectivity index (χ0v) is 18.8. The molecule has 1 N–H and O–H groups in total. The van der Waals surface area contributed by atoms with Gasteiger partial charge in [-0.1, -0.05) is 13.8 Å². The average molecular weight is 431 g/mol. The summed E-state index contributed by atoms with van der Waals surface area (Å²) in [6, 6.07) is 6.74. The van der Waals surface area contributed by atoms with Gasteiger partial charge in [-0.3, -0.25) is 14.4 Å². The molecule has 1 atom stereocenters.